The van der Waals surface area contributed by atoms with Crippen molar-refractivity contribution in [2.45, 2.75) is 24.6 Å². The summed E-state index contributed by atoms with van der Waals surface area (Å²) in [7, 11) is 1.74. The average molecular weight is 211 g/mol. The lowest BCUT2D eigenvalue weighted by atomic mass is 9.91. The highest BCUT2D eigenvalue weighted by atomic mass is 19.4. The maximum atomic E-state index is 12.6. The molecule has 14 heavy (non-hydrogen) atoms. The molecule has 3 nitrogen and oxygen atoms in total. The maximum absolute atomic E-state index is 12.6. The number of ether oxygens (including phenoxy) is 1. The van der Waals surface area contributed by atoms with E-state index in [0.29, 0.717) is 0 Å². The molecule has 1 aliphatic rings. The van der Waals surface area contributed by atoms with Gasteiger partial charge in [-0.1, -0.05) is 0 Å². The Bertz CT molecular complexity index is 209. The maximum Gasteiger partial charge on any atom is 0.428 e. The molecule has 0 aromatic carbocycles. The summed E-state index contributed by atoms with van der Waals surface area (Å²) in [5.41, 5.74) is -2.26. The van der Waals surface area contributed by atoms with E-state index in [4.69, 9.17) is 0 Å². The Morgan fingerprint density at radius 2 is 1.86 bits per heavy atom. The Morgan fingerprint density at radius 3 is 2.21 bits per heavy atom. The molecule has 1 rings (SSSR count). The van der Waals surface area contributed by atoms with Gasteiger partial charge in [0.25, 0.3) is 6.47 Å². The first-order chi connectivity index (χ1) is 6.41. The number of piperidine rings is 1. The molecule has 0 saturated carbocycles. The number of hydrogen-bond donors (Lipinski definition) is 0. The van der Waals surface area contributed by atoms with Crippen LogP contribution in [0.4, 0.5) is 13.2 Å². The smallest absolute Gasteiger partial charge is 0.428 e. The molecule has 1 fully saturated rings. The average Bonchev–Trinajstić information content (AvgIpc) is 2.07. The third-order valence-electron chi connectivity index (χ3n) is 2.59. The molecule has 0 atom stereocenters. The lowest BCUT2D eigenvalue weighted by Crippen LogP contribution is -2.54. The van der Waals surface area contributed by atoms with Crippen LogP contribution in [0, 0.1) is 0 Å². The molecular formula is C8H12F3NO2. The largest absolute Gasteiger partial charge is 0.451 e. The SMILES string of the molecule is CN1CCC(OC=O)(C(F)(F)F)CC1. The molecule has 1 saturated heterocycles. The lowest BCUT2D eigenvalue weighted by Gasteiger charge is -2.39. The summed E-state index contributed by atoms with van der Waals surface area (Å²) in [5.74, 6) is 0. The second-order valence-electron chi connectivity index (χ2n) is 3.51. The molecule has 0 radical (unpaired) electrons. The third-order valence-corrected chi connectivity index (χ3v) is 2.59. The monoisotopic (exact) mass is 211 g/mol. The molecule has 0 aromatic heterocycles. The van der Waals surface area contributed by atoms with Gasteiger partial charge in [0, 0.05) is 25.9 Å². The summed E-state index contributed by atoms with van der Waals surface area (Å²) >= 11 is 0. The van der Waals surface area contributed by atoms with Gasteiger partial charge in [-0.15, -0.1) is 0 Å². The normalized spacial score (nSPS) is 23.1. The van der Waals surface area contributed by atoms with Crippen LogP contribution in [0.1, 0.15) is 12.8 Å². The van der Waals surface area contributed by atoms with E-state index in [0.717, 1.165) is 0 Å². The van der Waals surface area contributed by atoms with Crippen LogP contribution >= 0.6 is 0 Å². The van der Waals surface area contributed by atoms with Gasteiger partial charge < -0.3 is 9.64 Å². The van der Waals surface area contributed by atoms with Gasteiger partial charge >= 0.3 is 6.18 Å². The van der Waals surface area contributed by atoms with E-state index in [9.17, 15) is 18.0 Å². The standard InChI is InChI=1S/C8H12F3NO2/c1-12-4-2-7(3-5-12,14-6-13)8(9,10)11/h6H,2-5H2,1H3. The highest BCUT2D eigenvalue weighted by Gasteiger charge is 2.57. The molecule has 1 heterocycles. The number of halogens is 3. The van der Waals surface area contributed by atoms with Crippen LogP contribution < -0.4 is 0 Å². The molecule has 6 heteroatoms. The fourth-order valence-corrected chi connectivity index (χ4v) is 1.54. The zero-order valence-electron chi connectivity index (χ0n) is 7.80. The van der Waals surface area contributed by atoms with Crippen molar-refractivity contribution in [3.8, 4) is 0 Å². The third kappa shape index (κ3) is 2.00. The first-order valence-corrected chi connectivity index (χ1v) is 4.28. The van der Waals surface area contributed by atoms with Gasteiger partial charge in [0.15, 0.2) is 0 Å². The predicted molar refractivity (Wildman–Crippen MR) is 42.7 cm³/mol. The van der Waals surface area contributed by atoms with Crippen LogP contribution in [0.2, 0.25) is 0 Å². The van der Waals surface area contributed by atoms with Gasteiger partial charge in [-0.3, -0.25) is 4.79 Å². The zero-order chi connectivity index (χ0) is 10.8. The minimum atomic E-state index is -4.48. The number of carbonyl (C=O) groups is 1. The van der Waals surface area contributed by atoms with Crippen LogP contribution in [-0.2, 0) is 9.53 Å². The first kappa shape index (κ1) is 11.3. The van der Waals surface area contributed by atoms with E-state index in [-0.39, 0.29) is 32.4 Å². The number of hydrogen-bond acceptors (Lipinski definition) is 3. The van der Waals surface area contributed by atoms with Gasteiger partial charge in [-0.2, -0.15) is 13.2 Å². The summed E-state index contributed by atoms with van der Waals surface area (Å²) in [4.78, 5) is 11.8. The fraction of sp³-hybridized carbons (Fsp3) is 0.875. The van der Waals surface area contributed by atoms with Crippen molar-refractivity contribution >= 4 is 6.47 Å². The van der Waals surface area contributed by atoms with Crippen molar-refractivity contribution in [2.75, 3.05) is 20.1 Å². The number of nitrogens with zero attached hydrogens (tertiary/aromatic N) is 1. The number of alkyl halides is 3. The highest BCUT2D eigenvalue weighted by molar-refractivity contribution is 5.39. The Morgan fingerprint density at radius 1 is 1.36 bits per heavy atom. The minimum Gasteiger partial charge on any atom is -0.451 e. The van der Waals surface area contributed by atoms with Crippen LogP contribution in [0.3, 0.4) is 0 Å². The Balaban J connectivity index is 2.78. The Hall–Kier alpha value is -0.780. The number of carbonyl (C=O) groups excluding carboxylic acids is 1. The summed E-state index contributed by atoms with van der Waals surface area (Å²) in [6.07, 6.45) is -4.85. The van der Waals surface area contributed by atoms with E-state index in [1.165, 1.54) is 0 Å². The van der Waals surface area contributed by atoms with E-state index in [1.54, 1.807) is 11.9 Å². The molecule has 0 aliphatic carbocycles. The zero-order valence-corrected chi connectivity index (χ0v) is 7.80. The van der Waals surface area contributed by atoms with Gasteiger partial charge in [-0.05, 0) is 7.05 Å². The summed E-state index contributed by atoms with van der Waals surface area (Å²) < 4.78 is 42.1. The predicted octanol–water partition coefficient (Wildman–Crippen LogP) is 1.19. The van der Waals surface area contributed by atoms with Crippen molar-refractivity contribution in [1.82, 2.24) is 4.90 Å². The fourth-order valence-electron chi connectivity index (χ4n) is 1.54. The van der Waals surface area contributed by atoms with Crippen molar-refractivity contribution in [1.29, 1.82) is 0 Å². The molecule has 0 amide bonds. The van der Waals surface area contributed by atoms with Crippen LogP contribution in [-0.4, -0.2) is 43.3 Å². The van der Waals surface area contributed by atoms with Crippen molar-refractivity contribution in [2.24, 2.45) is 0 Å². The van der Waals surface area contributed by atoms with Gasteiger partial charge in [0.2, 0.25) is 5.60 Å². The Labute approximate surface area is 79.8 Å². The lowest BCUT2D eigenvalue weighted by molar-refractivity contribution is -0.275. The molecule has 0 spiro atoms. The number of rotatable bonds is 2. The van der Waals surface area contributed by atoms with Gasteiger partial charge in [0.1, 0.15) is 0 Å². The Kier molecular flexibility index (Phi) is 3.04. The minimum absolute atomic E-state index is 0.112. The molecule has 82 valence electrons. The highest BCUT2D eigenvalue weighted by Crippen LogP contribution is 2.40. The summed E-state index contributed by atoms with van der Waals surface area (Å²) in [5, 5.41) is 0. The summed E-state index contributed by atoms with van der Waals surface area (Å²) in [6, 6.07) is 0. The van der Waals surface area contributed by atoms with E-state index < -0.39 is 11.8 Å². The van der Waals surface area contributed by atoms with Crippen molar-refractivity contribution < 1.29 is 22.7 Å². The van der Waals surface area contributed by atoms with Gasteiger partial charge in [-0.25, -0.2) is 0 Å². The van der Waals surface area contributed by atoms with Gasteiger partial charge in [0.05, 0.1) is 0 Å². The van der Waals surface area contributed by atoms with E-state index >= 15 is 0 Å². The van der Waals surface area contributed by atoms with Crippen molar-refractivity contribution in [3.63, 3.8) is 0 Å². The quantitative estimate of drug-likeness (QED) is 0.642. The molecule has 0 unspecified atom stereocenters. The topological polar surface area (TPSA) is 29.5 Å². The molecule has 0 aromatic rings. The molecule has 0 N–H and O–H groups in total. The van der Waals surface area contributed by atoms with E-state index in [2.05, 4.69) is 4.74 Å². The van der Waals surface area contributed by atoms with Crippen LogP contribution in [0.25, 0.3) is 0 Å². The van der Waals surface area contributed by atoms with E-state index in [1.807, 2.05) is 0 Å². The van der Waals surface area contributed by atoms with Crippen LogP contribution in [0.5, 0.6) is 0 Å². The summed E-state index contributed by atoms with van der Waals surface area (Å²) in [6.45, 7) is 0.458. The second kappa shape index (κ2) is 3.76. The molecular weight excluding hydrogens is 199 g/mol. The molecule has 0 bridgehead atoms. The van der Waals surface area contributed by atoms with Crippen LogP contribution in [0.15, 0.2) is 0 Å². The van der Waals surface area contributed by atoms with Crippen molar-refractivity contribution in [3.05, 3.63) is 0 Å². The first-order valence-electron chi connectivity index (χ1n) is 4.28. The second-order valence-corrected chi connectivity index (χ2v) is 3.51. The number of likely N-dealkylation sites (tertiary alicyclic amines) is 1. The molecule has 1 aliphatic heterocycles.